The molecule has 1 aliphatic heterocycles. The average Bonchev–Trinajstić information content (AvgIpc) is 3.18. The Hall–Kier alpha value is -3.43. The summed E-state index contributed by atoms with van der Waals surface area (Å²) in [4.78, 5) is 14.3. The highest BCUT2D eigenvalue weighted by Gasteiger charge is 2.17. The number of H-pyrrole nitrogens is 1. The van der Waals surface area contributed by atoms with Gasteiger partial charge < -0.3 is 15.2 Å². The van der Waals surface area contributed by atoms with Crippen LogP contribution < -0.4 is 10.2 Å². The van der Waals surface area contributed by atoms with Crippen molar-refractivity contribution in [2.45, 2.75) is 0 Å². The summed E-state index contributed by atoms with van der Waals surface area (Å²) in [6.45, 7) is 3.64. The first-order valence-electron chi connectivity index (χ1n) is 8.98. The minimum absolute atomic E-state index is 0.675. The maximum Gasteiger partial charge on any atom is 0.124 e. The van der Waals surface area contributed by atoms with Crippen LogP contribution in [0.3, 0.4) is 0 Å². The molecule has 0 radical (unpaired) electrons. The van der Waals surface area contributed by atoms with E-state index in [0.29, 0.717) is 5.56 Å². The Morgan fingerprint density at radius 3 is 2.59 bits per heavy atom. The first-order chi connectivity index (χ1) is 13.3. The van der Waals surface area contributed by atoms with Crippen molar-refractivity contribution in [1.29, 1.82) is 5.26 Å². The van der Waals surface area contributed by atoms with E-state index >= 15 is 0 Å². The van der Waals surface area contributed by atoms with Gasteiger partial charge in [-0.3, -0.25) is 9.97 Å². The molecule has 1 aliphatic rings. The molecule has 27 heavy (non-hydrogen) atoms. The lowest BCUT2D eigenvalue weighted by Crippen LogP contribution is -2.44. The van der Waals surface area contributed by atoms with Gasteiger partial charge in [-0.05, 0) is 42.5 Å². The number of anilines is 1. The Morgan fingerprint density at radius 2 is 1.81 bits per heavy atom. The molecule has 0 spiro atoms. The molecule has 0 unspecified atom stereocenters. The molecule has 0 amide bonds. The second-order valence-electron chi connectivity index (χ2n) is 6.35. The minimum atomic E-state index is 0.675. The first kappa shape index (κ1) is 17.0. The van der Waals surface area contributed by atoms with Gasteiger partial charge in [-0.25, -0.2) is 0 Å². The normalized spacial score (nSPS) is 14.4. The van der Waals surface area contributed by atoms with Gasteiger partial charge in [-0.15, -0.1) is 0 Å². The average molecular weight is 356 g/mol. The summed E-state index contributed by atoms with van der Waals surface area (Å²) in [5.41, 5.74) is 4.33. The van der Waals surface area contributed by atoms with Gasteiger partial charge in [0.25, 0.3) is 0 Å². The number of nitrogens with zero attached hydrogens (tertiary/aromatic N) is 4. The number of nitrogens with one attached hydrogen (secondary N) is 2. The molecule has 3 aromatic heterocycles. The van der Waals surface area contributed by atoms with Gasteiger partial charge >= 0.3 is 0 Å². The summed E-state index contributed by atoms with van der Waals surface area (Å²) in [6.07, 6.45) is 7.43. The quantitative estimate of drug-likeness (QED) is 0.751. The number of nitriles is 1. The molecular formula is C21H20N6. The van der Waals surface area contributed by atoms with Crippen molar-refractivity contribution in [3.63, 3.8) is 0 Å². The molecule has 6 nitrogen and oxygen atoms in total. The molecule has 1 fully saturated rings. The third kappa shape index (κ3) is 3.89. The number of pyridine rings is 2. The predicted octanol–water partition coefficient (Wildman–Crippen LogP) is 2.92. The van der Waals surface area contributed by atoms with Gasteiger partial charge in [-0.2, -0.15) is 5.26 Å². The molecule has 2 N–H and O–H groups in total. The van der Waals surface area contributed by atoms with Crippen molar-refractivity contribution in [2.24, 2.45) is 0 Å². The van der Waals surface area contributed by atoms with E-state index in [2.05, 4.69) is 31.2 Å². The van der Waals surface area contributed by atoms with Crippen LogP contribution in [0, 0.1) is 11.3 Å². The van der Waals surface area contributed by atoms with Crippen molar-refractivity contribution in [2.75, 3.05) is 31.1 Å². The van der Waals surface area contributed by atoms with Gasteiger partial charge in [0.2, 0.25) is 0 Å². The van der Waals surface area contributed by atoms with Gasteiger partial charge in [0, 0.05) is 49.8 Å². The predicted molar refractivity (Wildman–Crippen MR) is 107 cm³/mol. The molecule has 0 aliphatic carbocycles. The van der Waals surface area contributed by atoms with E-state index < -0.39 is 0 Å². The smallest absolute Gasteiger partial charge is 0.124 e. The fourth-order valence-corrected chi connectivity index (χ4v) is 3.17. The molecule has 0 bridgehead atoms. The highest BCUT2D eigenvalue weighted by atomic mass is 15.2. The second kappa shape index (κ2) is 7.85. The van der Waals surface area contributed by atoms with Gasteiger partial charge in [0.15, 0.2) is 0 Å². The van der Waals surface area contributed by atoms with Crippen molar-refractivity contribution >= 4 is 18.0 Å². The summed E-state index contributed by atoms with van der Waals surface area (Å²) in [5, 5.41) is 12.9. The lowest BCUT2D eigenvalue weighted by atomic mass is 10.1. The van der Waals surface area contributed by atoms with E-state index in [1.807, 2.05) is 48.6 Å². The number of aromatic amines is 1. The Labute approximate surface area is 158 Å². The van der Waals surface area contributed by atoms with Crippen LogP contribution in [0.4, 0.5) is 5.82 Å². The van der Waals surface area contributed by atoms with E-state index in [-0.39, 0.29) is 0 Å². The molecule has 4 rings (SSSR count). The van der Waals surface area contributed by atoms with Crippen molar-refractivity contribution in [1.82, 2.24) is 20.3 Å². The molecule has 0 saturated carbocycles. The summed E-state index contributed by atoms with van der Waals surface area (Å²) in [6, 6.07) is 14.0. The van der Waals surface area contributed by atoms with Gasteiger partial charge in [0.1, 0.15) is 11.9 Å². The summed E-state index contributed by atoms with van der Waals surface area (Å²) in [7, 11) is 0. The van der Waals surface area contributed by atoms with Gasteiger partial charge in [0.05, 0.1) is 17.0 Å². The highest BCUT2D eigenvalue weighted by molar-refractivity contribution is 5.73. The molecule has 0 atom stereocenters. The fraction of sp³-hybridized carbons (Fsp3) is 0.190. The lowest BCUT2D eigenvalue weighted by molar-refractivity contribution is 0.585. The van der Waals surface area contributed by atoms with Crippen LogP contribution in [0.5, 0.6) is 0 Å². The molecular weight excluding hydrogens is 336 g/mol. The van der Waals surface area contributed by atoms with E-state index in [4.69, 9.17) is 0 Å². The van der Waals surface area contributed by atoms with Crippen LogP contribution >= 0.6 is 0 Å². The third-order valence-electron chi connectivity index (χ3n) is 4.56. The standard InChI is InChI=1S/C21H20N6/c22-15-17-14-20(26-21(17)27-11-9-23-10-12-27)16-6-8-25-19(13-16)5-4-18-3-1-2-7-24-18/h1-8,13-14,23,26H,9-12H2/b5-4+. The topological polar surface area (TPSA) is 80.6 Å². The molecule has 0 aromatic carbocycles. The van der Waals surface area contributed by atoms with E-state index in [1.54, 1.807) is 12.4 Å². The highest BCUT2D eigenvalue weighted by Crippen LogP contribution is 2.27. The monoisotopic (exact) mass is 356 g/mol. The number of rotatable bonds is 4. The largest absolute Gasteiger partial charge is 0.355 e. The summed E-state index contributed by atoms with van der Waals surface area (Å²) < 4.78 is 0. The number of hydrogen-bond acceptors (Lipinski definition) is 5. The zero-order chi connectivity index (χ0) is 18.5. The number of aromatic nitrogens is 3. The van der Waals surface area contributed by atoms with Crippen LogP contribution in [0.2, 0.25) is 0 Å². The van der Waals surface area contributed by atoms with Crippen molar-refractivity contribution < 1.29 is 0 Å². The number of hydrogen-bond donors (Lipinski definition) is 2. The fourth-order valence-electron chi connectivity index (χ4n) is 3.17. The third-order valence-corrected chi connectivity index (χ3v) is 4.56. The summed E-state index contributed by atoms with van der Waals surface area (Å²) >= 11 is 0. The van der Waals surface area contributed by atoms with Crippen LogP contribution in [-0.2, 0) is 0 Å². The molecule has 134 valence electrons. The Bertz CT molecular complexity index is 977. The van der Waals surface area contributed by atoms with E-state index in [0.717, 1.165) is 54.6 Å². The Morgan fingerprint density at radius 1 is 1.00 bits per heavy atom. The SMILES string of the molecule is N#Cc1cc(-c2ccnc(/C=C/c3ccccn3)c2)[nH]c1N1CCNCC1. The minimum Gasteiger partial charge on any atom is -0.355 e. The van der Waals surface area contributed by atoms with Gasteiger partial charge in [-0.1, -0.05) is 6.07 Å². The maximum atomic E-state index is 9.53. The van der Waals surface area contributed by atoms with Crippen molar-refractivity contribution in [3.05, 3.63) is 65.7 Å². The Balaban J connectivity index is 1.61. The van der Waals surface area contributed by atoms with Crippen LogP contribution in [0.1, 0.15) is 17.0 Å². The number of piperazine rings is 1. The van der Waals surface area contributed by atoms with Crippen LogP contribution in [-0.4, -0.2) is 41.1 Å². The molecule has 3 aromatic rings. The zero-order valence-electron chi connectivity index (χ0n) is 14.9. The van der Waals surface area contributed by atoms with E-state index in [1.165, 1.54) is 0 Å². The zero-order valence-corrected chi connectivity index (χ0v) is 14.9. The maximum absolute atomic E-state index is 9.53. The molecule has 1 saturated heterocycles. The summed E-state index contributed by atoms with van der Waals surface area (Å²) in [5.74, 6) is 0.899. The van der Waals surface area contributed by atoms with Crippen LogP contribution in [0.15, 0.2) is 48.8 Å². The van der Waals surface area contributed by atoms with Crippen molar-refractivity contribution in [3.8, 4) is 17.3 Å². The lowest BCUT2D eigenvalue weighted by Gasteiger charge is -2.28. The molecule has 6 heteroatoms. The van der Waals surface area contributed by atoms with E-state index in [9.17, 15) is 5.26 Å². The van der Waals surface area contributed by atoms with Crippen LogP contribution in [0.25, 0.3) is 23.4 Å². The first-order valence-corrected chi connectivity index (χ1v) is 8.98. The molecule has 4 heterocycles. The second-order valence-corrected chi connectivity index (χ2v) is 6.35. The Kier molecular flexibility index (Phi) is 4.95.